The Kier molecular flexibility index (Phi) is 5.99. The van der Waals surface area contributed by atoms with Gasteiger partial charge in [0.25, 0.3) is 0 Å². The highest BCUT2D eigenvalue weighted by Crippen LogP contribution is 2.29. The van der Waals surface area contributed by atoms with Gasteiger partial charge in [0.1, 0.15) is 5.75 Å². The molecular weight excluding hydrogens is 293 g/mol. The molecule has 0 bridgehead atoms. The summed E-state index contributed by atoms with van der Waals surface area (Å²) in [6.45, 7) is 1.79. The van der Waals surface area contributed by atoms with E-state index in [0.717, 1.165) is 5.56 Å². The molecule has 5 heteroatoms. The number of ether oxygens (including phenoxy) is 2. The first-order valence-electron chi connectivity index (χ1n) is 6.61. The van der Waals surface area contributed by atoms with Gasteiger partial charge in [-0.3, -0.25) is 0 Å². The van der Waals surface area contributed by atoms with Gasteiger partial charge >= 0.3 is 0 Å². The number of para-hydroxylation sites is 1. The fourth-order valence-electron chi connectivity index (χ4n) is 1.82. The summed E-state index contributed by atoms with van der Waals surface area (Å²) in [7, 11) is 1.64. The Morgan fingerprint density at radius 2 is 1.90 bits per heavy atom. The average Bonchev–Trinajstić information content (AvgIpc) is 2.49. The van der Waals surface area contributed by atoms with E-state index < -0.39 is 5.82 Å². The number of methoxy groups -OCH3 is 1. The lowest BCUT2D eigenvalue weighted by Crippen LogP contribution is -2.19. The van der Waals surface area contributed by atoms with Crippen LogP contribution in [0.3, 0.4) is 0 Å². The summed E-state index contributed by atoms with van der Waals surface area (Å²) in [5, 5.41) is 3.78. The molecule has 2 aromatic carbocycles. The SMILES string of the molecule is COCCNCc1cccc(F)c1Oc1ccc(Cl)cc1. The molecule has 0 saturated carbocycles. The number of hydrogen-bond acceptors (Lipinski definition) is 3. The van der Waals surface area contributed by atoms with Crippen LogP contribution in [-0.2, 0) is 11.3 Å². The maximum Gasteiger partial charge on any atom is 0.167 e. The van der Waals surface area contributed by atoms with Gasteiger partial charge in [0, 0.05) is 30.8 Å². The third-order valence-corrected chi connectivity index (χ3v) is 3.13. The molecule has 21 heavy (non-hydrogen) atoms. The second-order valence-electron chi connectivity index (χ2n) is 4.45. The van der Waals surface area contributed by atoms with Crippen molar-refractivity contribution in [2.24, 2.45) is 0 Å². The molecule has 0 aliphatic carbocycles. The van der Waals surface area contributed by atoms with Gasteiger partial charge in [0.15, 0.2) is 11.6 Å². The zero-order chi connectivity index (χ0) is 15.1. The van der Waals surface area contributed by atoms with E-state index in [-0.39, 0.29) is 5.75 Å². The highest BCUT2D eigenvalue weighted by atomic mass is 35.5. The highest BCUT2D eigenvalue weighted by molar-refractivity contribution is 6.30. The van der Waals surface area contributed by atoms with E-state index in [2.05, 4.69) is 5.32 Å². The van der Waals surface area contributed by atoms with E-state index in [9.17, 15) is 4.39 Å². The summed E-state index contributed by atoms with van der Waals surface area (Å²) in [4.78, 5) is 0. The molecular formula is C16H17ClFNO2. The maximum absolute atomic E-state index is 14.0. The van der Waals surface area contributed by atoms with Gasteiger partial charge in [-0.1, -0.05) is 23.7 Å². The van der Waals surface area contributed by atoms with Crippen molar-refractivity contribution in [2.75, 3.05) is 20.3 Å². The van der Waals surface area contributed by atoms with Crippen LogP contribution in [0.1, 0.15) is 5.56 Å². The van der Waals surface area contributed by atoms with Crippen LogP contribution in [0.15, 0.2) is 42.5 Å². The summed E-state index contributed by atoms with van der Waals surface area (Å²) in [5.41, 5.74) is 0.751. The molecule has 3 nitrogen and oxygen atoms in total. The maximum atomic E-state index is 14.0. The zero-order valence-corrected chi connectivity index (χ0v) is 12.5. The number of halogens is 2. The van der Waals surface area contributed by atoms with Crippen LogP contribution in [0.2, 0.25) is 5.02 Å². The summed E-state index contributed by atoms with van der Waals surface area (Å²) in [6, 6.07) is 11.7. The quantitative estimate of drug-likeness (QED) is 0.784. The van der Waals surface area contributed by atoms with Gasteiger partial charge in [-0.2, -0.15) is 0 Å². The first-order chi connectivity index (χ1) is 10.2. The molecule has 1 N–H and O–H groups in total. The molecule has 0 fully saturated rings. The van der Waals surface area contributed by atoms with Gasteiger partial charge in [-0.25, -0.2) is 4.39 Å². The largest absolute Gasteiger partial charge is 0.454 e. The minimum atomic E-state index is -0.393. The van der Waals surface area contributed by atoms with E-state index in [1.54, 1.807) is 37.4 Å². The van der Waals surface area contributed by atoms with Crippen LogP contribution >= 0.6 is 11.6 Å². The summed E-state index contributed by atoms with van der Waals surface area (Å²) >= 11 is 5.82. The summed E-state index contributed by atoms with van der Waals surface area (Å²) in [5.74, 6) is 0.378. The van der Waals surface area contributed by atoms with E-state index in [1.165, 1.54) is 6.07 Å². The normalized spacial score (nSPS) is 10.6. The zero-order valence-electron chi connectivity index (χ0n) is 11.7. The van der Waals surface area contributed by atoms with E-state index in [1.807, 2.05) is 6.07 Å². The number of rotatable bonds is 7. The van der Waals surface area contributed by atoms with Crippen molar-refractivity contribution in [1.29, 1.82) is 0 Å². The van der Waals surface area contributed by atoms with Crippen LogP contribution in [-0.4, -0.2) is 20.3 Å². The molecule has 2 aromatic rings. The van der Waals surface area contributed by atoms with E-state index in [0.29, 0.717) is 30.5 Å². The van der Waals surface area contributed by atoms with Gasteiger partial charge in [0.05, 0.1) is 6.61 Å². The second-order valence-corrected chi connectivity index (χ2v) is 4.89. The third kappa shape index (κ3) is 4.70. The van der Waals surface area contributed by atoms with Crippen LogP contribution in [0.4, 0.5) is 4.39 Å². The van der Waals surface area contributed by atoms with Crippen molar-refractivity contribution in [3.8, 4) is 11.5 Å². The Labute approximate surface area is 128 Å². The van der Waals surface area contributed by atoms with Crippen molar-refractivity contribution in [3.05, 3.63) is 58.9 Å². The van der Waals surface area contributed by atoms with Crippen molar-refractivity contribution in [1.82, 2.24) is 5.32 Å². The molecule has 0 atom stereocenters. The minimum Gasteiger partial charge on any atom is -0.454 e. The molecule has 0 radical (unpaired) electrons. The topological polar surface area (TPSA) is 30.5 Å². The standard InChI is InChI=1S/C16H17ClFNO2/c1-20-10-9-19-11-12-3-2-4-15(18)16(12)21-14-7-5-13(17)6-8-14/h2-8,19H,9-11H2,1H3. The number of hydrogen-bond donors (Lipinski definition) is 1. The van der Waals surface area contributed by atoms with Gasteiger partial charge in [0.2, 0.25) is 0 Å². The van der Waals surface area contributed by atoms with Gasteiger partial charge in [-0.15, -0.1) is 0 Å². The Morgan fingerprint density at radius 1 is 1.14 bits per heavy atom. The lowest BCUT2D eigenvalue weighted by atomic mass is 10.2. The fraction of sp³-hybridized carbons (Fsp3) is 0.250. The Balaban J connectivity index is 2.11. The van der Waals surface area contributed by atoms with Gasteiger partial charge < -0.3 is 14.8 Å². The lowest BCUT2D eigenvalue weighted by molar-refractivity contribution is 0.199. The van der Waals surface area contributed by atoms with E-state index >= 15 is 0 Å². The molecule has 0 saturated heterocycles. The van der Waals surface area contributed by atoms with Crippen LogP contribution in [0, 0.1) is 5.82 Å². The first kappa shape index (κ1) is 15.8. The summed E-state index contributed by atoms with van der Waals surface area (Å²) < 4.78 is 24.6. The summed E-state index contributed by atoms with van der Waals surface area (Å²) in [6.07, 6.45) is 0. The Hall–Kier alpha value is -1.62. The molecule has 112 valence electrons. The van der Waals surface area contributed by atoms with Crippen molar-refractivity contribution >= 4 is 11.6 Å². The monoisotopic (exact) mass is 309 g/mol. The number of nitrogens with one attached hydrogen (secondary N) is 1. The van der Waals surface area contributed by atoms with Crippen molar-refractivity contribution in [3.63, 3.8) is 0 Å². The van der Waals surface area contributed by atoms with E-state index in [4.69, 9.17) is 21.1 Å². The molecule has 0 aliphatic heterocycles. The first-order valence-corrected chi connectivity index (χ1v) is 6.99. The van der Waals surface area contributed by atoms with Gasteiger partial charge in [-0.05, 0) is 30.3 Å². The number of benzene rings is 2. The fourth-order valence-corrected chi connectivity index (χ4v) is 1.95. The molecule has 0 aromatic heterocycles. The molecule has 2 rings (SSSR count). The predicted molar refractivity (Wildman–Crippen MR) is 81.5 cm³/mol. The smallest absolute Gasteiger partial charge is 0.167 e. The average molecular weight is 310 g/mol. The molecule has 0 heterocycles. The molecule has 0 unspecified atom stereocenters. The lowest BCUT2D eigenvalue weighted by Gasteiger charge is -2.13. The third-order valence-electron chi connectivity index (χ3n) is 2.88. The molecule has 0 amide bonds. The van der Waals surface area contributed by atoms with Crippen molar-refractivity contribution in [2.45, 2.75) is 6.54 Å². The van der Waals surface area contributed by atoms with Crippen LogP contribution in [0.25, 0.3) is 0 Å². The van der Waals surface area contributed by atoms with Crippen LogP contribution in [0.5, 0.6) is 11.5 Å². The van der Waals surface area contributed by atoms with Crippen LogP contribution < -0.4 is 10.1 Å². The molecule has 0 aliphatic rings. The Morgan fingerprint density at radius 3 is 2.62 bits per heavy atom. The predicted octanol–water partition coefficient (Wildman–Crippen LogP) is 4.01. The molecule has 0 spiro atoms. The Bertz CT molecular complexity index is 575. The second kappa shape index (κ2) is 7.98. The minimum absolute atomic E-state index is 0.227. The highest BCUT2D eigenvalue weighted by Gasteiger charge is 2.10. The van der Waals surface area contributed by atoms with Crippen molar-refractivity contribution < 1.29 is 13.9 Å².